The maximum absolute atomic E-state index is 6.13. The molecule has 4 heteroatoms. The summed E-state index contributed by atoms with van der Waals surface area (Å²) in [7, 11) is 4.18. The lowest BCUT2D eigenvalue weighted by Gasteiger charge is -2.31. The summed E-state index contributed by atoms with van der Waals surface area (Å²) >= 11 is 0. The molecule has 0 saturated carbocycles. The quantitative estimate of drug-likeness (QED) is 0.601. The lowest BCUT2D eigenvalue weighted by Crippen LogP contribution is -2.35. The van der Waals surface area contributed by atoms with Gasteiger partial charge in [0.15, 0.2) is 0 Å². The molecule has 4 nitrogen and oxygen atoms in total. The van der Waals surface area contributed by atoms with Crippen LogP contribution in [0.15, 0.2) is 24.3 Å². The van der Waals surface area contributed by atoms with Gasteiger partial charge in [-0.1, -0.05) is 32.0 Å². The van der Waals surface area contributed by atoms with Gasteiger partial charge in [-0.3, -0.25) is 4.90 Å². The summed E-state index contributed by atoms with van der Waals surface area (Å²) in [4.78, 5) is 4.67. The topological polar surface area (TPSA) is 41.7 Å². The van der Waals surface area contributed by atoms with Crippen molar-refractivity contribution in [1.29, 1.82) is 0 Å². The van der Waals surface area contributed by atoms with Gasteiger partial charge < -0.3 is 15.4 Å². The molecule has 1 rings (SSSR count). The van der Waals surface area contributed by atoms with E-state index in [9.17, 15) is 0 Å². The predicted octanol–water partition coefficient (Wildman–Crippen LogP) is 3.14. The molecule has 1 aromatic carbocycles. The molecule has 2 N–H and O–H groups in total. The maximum Gasteiger partial charge on any atom is 0.124 e. The van der Waals surface area contributed by atoms with Crippen LogP contribution in [-0.4, -0.2) is 56.7 Å². The average molecular weight is 322 g/mol. The van der Waals surface area contributed by atoms with Gasteiger partial charge in [0.2, 0.25) is 0 Å². The summed E-state index contributed by atoms with van der Waals surface area (Å²) in [5.41, 5.74) is 7.35. The number of rotatable bonds is 12. The number of para-hydroxylation sites is 1. The fourth-order valence-corrected chi connectivity index (χ4v) is 2.92. The number of benzene rings is 1. The molecular weight excluding hydrogens is 286 g/mol. The van der Waals surface area contributed by atoms with Gasteiger partial charge in [-0.15, -0.1) is 0 Å². The Bertz CT molecular complexity index is 417. The molecule has 0 aliphatic heterocycles. The normalized spacial score (nSPS) is 12.8. The van der Waals surface area contributed by atoms with Crippen LogP contribution in [0.5, 0.6) is 5.75 Å². The van der Waals surface area contributed by atoms with E-state index in [0.29, 0.717) is 6.54 Å². The molecule has 0 spiro atoms. The van der Waals surface area contributed by atoms with Gasteiger partial charge in [-0.25, -0.2) is 0 Å². The number of nitrogens with zero attached hydrogens (tertiary/aromatic N) is 2. The van der Waals surface area contributed by atoms with Crippen LogP contribution in [-0.2, 0) is 0 Å². The molecule has 0 saturated heterocycles. The van der Waals surface area contributed by atoms with E-state index in [0.717, 1.165) is 51.3 Å². The van der Waals surface area contributed by atoms with Crippen LogP contribution in [0.25, 0.3) is 0 Å². The van der Waals surface area contributed by atoms with E-state index < -0.39 is 0 Å². The SMILES string of the molecule is CCCN(CCC)C(CN)c1ccccc1OCCCN(C)C. The molecule has 0 bridgehead atoms. The minimum Gasteiger partial charge on any atom is -0.493 e. The fraction of sp³-hybridized carbons (Fsp3) is 0.684. The van der Waals surface area contributed by atoms with Crippen molar-refractivity contribution in [3.63, 3.8) is 0 Å². The number of hydrogen-bond donors (Lipinski definition) is 1. The molecule has 0 fully saturated rings. The molecule has 1 unspecified atom stereocenters. The highest BCUT2D eigenvalue weighted by atomic mass is 16.5. The standard InChI is InChI=1S/C19H35N3O/c1-5-12-22(13-6-2)18(16-20)17-10-7-8-11-19(17)23-15-9-14-21(3)4/h7-8,10-11,18H,5-6,9,12-16,20H2,1-4H3. The molecule has 132 valence electrons. The number of nitrogens with two attached hydrogens (primary N) is 1. The Labute approximate surface area is 142 Å². The Morgan fingerprint density at radius 3 is 2.26 bits per heavy atom. The van der Waals surface area contributed by atoms with Gasteiger partial charge in [0.1, 0.15) is 5.75 Å². The van der Waals surface area contributed by atoms with Crippen LogP contribution >= 0.6 is 0 Å². The van der Waals surface area contributed by atoms with Gasteiger partial charge in [0, 0.05) is 18.7 Å². The molecule has 0 amide bonds. The lowest BCUT2D eigenvalue weighted by molar-refractivity contribution is 0.195. The second-order valence-electron chi connectivity index (χ2n) is 6.33. The minimum atomic E-state index is 0.236. The van der Waals surface area contributed by atoms with Crippen LogP contribution < -0.4 is 10.5 Å². The molecule has 1 aromatic rings. The Kier molecular flexibility index (Phi) is 9.92. The average Bonchev–Trinajstić information content (AvgIpc) is 2.54. The molecule has 0 heterocycles. The van der Waals surface area contributed by atoms with Crippen LogP contribution in [0, 0.1) is 0 Å². The van der Waals surface area contributed by atoms with Gasteiger partial charge >= 0.3 is 0 Å². The van der Waals surface area contributed by atoms with E-state index in [-0.39, 0.29) is 6.04 Å². The number of hydrogen-bond acceptors (Lipinski definition) is 4. The van der Waals surface area contributed by atoms with Gasteiger partial charge in [0.25, 0.3) is 0 Å². The summed E-state index contributed by atoms with van der Waals surface area (Å²) in [6.45, 7) is 9.00. The summed E-state index contributed by atoms with van der Waals surface area (Å²) < 4.78 is 6.07. The van der Waals surface area contributed by atoms with E-state index in [1.165, 1.54) is 5.56 Å². The Hall–Kier alpha value is -1.10. The van der Waals surface area contributed by atoms with Crippen molar-refractivity contribution in [2.75, 3.05) is 46.9 Å². The smallest absolute Gasteiger partial charge is 0.124 e. The summed E-state index contributed by atoms with van der Waals surface area (Å²) in [6, 6.07) is 8.60. The molecule has 0 radical (unpaired) electrons. The maximum atomic E-state index is 6.13. The fourth-order valence-electron chi connectivity index (χ4n) is 2.92. The summed E-state index contributed by atoms with van der Waals surface area (Å²) in [5, 5.41) is 0. The van der Waals surface area contributed by atoms with Crippen LogP contribution in [0.4, 0.5) is 0 Å². The monoisotopic (exact) mass is 321 g/mol. The predicted molar refractivity (Wildman–Crippen MR) is 99.1 cm³/mol. The van der Waals surface area contributed by atoms with Gasteiger partial charge in [-0.05, 0) is 52.5 Å². The summed E-state index contributed by atoms with van der Waals surface area (Å²) in [5.74, 6) is 0.985. The van der Waals surface area contributed by atoms with Gasteiger partial charge in [0.05, 0.1) is 12.6 Å². The third kappa shape index (κ3) is 6.90. The van der Waals surface area contributed by atoms with Crippen molar-refractivity contribution < 1.29 is 4.74 Å². The molecule has 0 aromatic heterocycles. The molecule has 0 aliphatic rings. The zero-order chi connectivity index (χ0) is 17.1. The van der Waals surface area contributed by atoms with E-state index in [4.69, 9.17) is 10.5 Å². The van der Waals surface area contributed by atoms with E-state index in [2.05, 4.69) is 55.9 Å². The molecule has 23 heavy (non-hydrogen) atoms. The van der Waals surface area contributed by atoms with Gasteiger partial charge in [-0.2, -0.15) is 0 Å². The Morgan fingerprint density at radius 2 is 1.70 bits per heavy atom. The first-order chi connectivity index (χ1) is 11.1. The third-order valence-corrected chi connectivity index (χ3v) is 3.97. The van der Waals surface area contributed by atoms with Crippen LogP contribution in [0.1, 0.15) is 44.7 Å². The van der Waals surface area contributed by atoms with Crippen molar-refractivity contribution in [2.45, 2.75) is 39.2 Å². The highest BCUT2D eigenvalue weighted by molar-refractivity contribution is 5.36. The van der Waals surface area contributed by atoms with E-state index in [1.807, 2.05) is 6.07 Å². The second-order valence-corrected chi connectivity index (χ2v) is 6.33. The number of ether oxygens (including phenoxy) is 1. The lowest BCUT2D eigenvalue weighted by atomic mass is 10.0. The third-order valence-electron chi connectivity index (χ3n) is 3.97. The van der Waals surface area contributed by atoms with Crippen LogP contribution in [0.3, 0.4) is 0 Å². The Morgan fingerprint density at radius 1 is 1.04 bits per heavy atom. The first kappa shape index (κ1) is 19.9. The van der Waals surface area contributed by atoms with Crippen molar-refractivity contribution in [3.05, 3.63) is 29.8 Å². The van der Waals surface area contributed by atoms with Crippen molar-refractivity contribution >= 4 is 0 Å². The second kappa shape index (κ2) is 11.4. The van der Waals surface area contributed by atoms with Crippen molar-refractivity contribution in [2.24, 2.45) is 5.73 Å². The molecule has 0 aliphatic carbocycles. The largest absolute Gasteiger partial charge is 0.493 e. The van der Waals surface area contributed by atoms with E-state index in [1.54, 1.807) is 0 Å². The molecule has 1 atom stereocenters. The first-order valence-corrected chi connectivity index (χ1v) is 8.94. The first-order valence-electron chi connectivity index (χ1n) is 8.94. The van der Waals surface area contributed by atoms with Crippen molar-refractivity contribution in [1.82, 2.24) is 9.80 Å². The highest BCUT2D eigenvalue weighted by Crippen LogP contribution is 2.29. The summed E-state index contributed by atoms with van der Waals surface area (Å²) in [6.07, 6.45) is 3.31. The molecular formula is C19H35N3O. The van der Waals surface area contributed by atoms with Crippen LogP contribution in [0.2, 0.25) is 0 Å². The van der Waals surface area contributed by atoms with Crippen molar-refractivity contribution in [3.8, 4) is 5.75 Å². The van der Waals surface area contributed by atoms with E-state index >= 15 is 0 Å². The highest BCUT2D eigenvalue weighted by Gasteiger charge is 2.21. The Balaban J connectivity index is 2.82. The zero-order valence-corrected chi connectivity index (χ0v) is 15.4. The minimum absolute atomic E-state index is 0.236. The zero-order valence-electron chi connectivity index (χ0n) is 15.4.